The Kier molecular flexibility index (Phi) is 2.28. The summed E-state index contributed by atoms with van der Waals surface area (Å²) < 4.78 is 12.9. The van der Waals surface area contributed by atoms with E-state index in [0.29, 0.717) is 11.5 Å². The number of allylic oxidation sites excluding steroid dienone is 4. The van der Waals surface area contributed by atoms with Crippen LogP contribution in [0.3, 0.4) is 0 Å². The van der Waals surface area contributed by atoms with Crippen LogP contribution in [0.1, 0.15) is 19.8 Å². The Bertz CT molecular complexity index is 219. The molecule has 0 aromatic carbocycles. The molecule has 0 aromatic rings. The third-order valence-corrected chi connectivity index (χ3v) is 2.09. The predicted molar refractivity (Wildman–Crippen MR) is 45.9 cm³/mol. The molecule has 1 heteroatoms. The highest BCUT2D eigenvalue weighted by Crippen LogP contribution is 2.39. The van der Waals surface area contributed by atoms with E-state index in [1.54, 1.807) is 6.92 Å². The Morgan fingerprint density at radius 3 is 2.45 bits per heavy atom. The number of halogens is 1. The summed E-state index contributed by atoms with van der Waals surface area (Å²) in [7, 11) is 0. The van der Waals surface area contributed by atoms with Crippen molar-refractivity contribution in [2.24, 2.45) is 5.92 Å². The van der Waals surface area contributed by atoms with Crippen LogP contribution in [-0.2, 0) is 0 Å². The van der Waals surface area contributed by atoms with E-state index in [-0.39, 0.29) is 5.83 Å². The maximum Gasteiger partial charge on any atom is 0.125 e. The highest BCUT2D eigenvalue weighted by Gasteiger charge is 2.25. The standard InChI is InChI=1S/C10H13F/c1-4-10(11)8(3)7(2)9-5-6-9/h4,9H,1-2,5-6H2,3H3/b10-8+. The first-order valence-corrected chi connectivity index (χ1v) is 3.84. The van der Waals surface area contributed by atoms with Crippen LogP contribution in [0.4, 0.5) is 4.39 Å². The zero-order chi connectivity index (χ0) is 8.43. The van der Waals surface area contributed by atoms with Gasteiger partial charge >= 0.3 is 0 Å². The van der Waals surface area contributed by atoms with Gasteiger partial charge in [-0.1, -0.05) is 13.2 Å². The van der Waals surface area contributed by atoms with Crippen molar-refractivity contribution in [3.8, 4) is 0 Å². The normalized spacial score (nSPS) is 19.1. The van der Waals surface area contributed by atoms with Gasteiger partial charge in [-0.3, -0.25) is 0 Å². The van der Waals surface area contributed by atoms with Crippen molar-refractivity contribution in [3.05, 3.63) is 36.2 Å². The lowest BCUT2D eigenvalue weighted by molar-refractivity contribution is 0.654. The van der Waals surface area contributed by atoms with Crippen LogP contribution >= 0.6 is 0 Å². The van der Waals surface area contributed by atoms with Crippen molar-refractivity contribution >= 4 is 0 Å². The van der Waals surface area contributed by atoms with Crippen molar-refractivity contribution in [1.82, 2.24) is 0 Å². The molecule has 0 amide bonds. The first-order chi connectivity index (χ1) is 5.16. The summed E-state index contributed by atoms with van der Waals surface area (Å²) in [5.41, 5.74) is 1.62. The van der Waals surface area contributed by atoms with Gasteiger partial charge < -0.3 is 0 Å². The Balaban J connectivity index is 2.72. The lowest BCUT2D eigenvalue weighted by Crippen LogP contribution is -1.87. The first kappa shape index (κ1) is 8.25. The third-order valence-electron chi connectivity index (χ3n) is 2.09. The van der Waals surface area contributed by atoms with Crippen LogP contribution in [0.25, 0.3) is 0 Å². The predicted octanol–water partition coefficient (Wildman–Crippen LogP) is 3.38. The minimum Gasteiger partial charge on any atom is -0.207 e. The zero-order valence-electron chi connectivity index (χ0n) is 6.86. The molecule has 60 valence electrons. The van der Waals surface area contributed by atoms with E-state index in [9.17, 15) is 4.39 Å². The van der Waals surface area contributed by atoms with Gasteiger partial charge in [0.15, 0.2) is 0 Å². The highest BCUT2D eigenvalue weighted by atomic mass is 19.1. The topological polar surface area (TPSA) is 0 Å². The van der Waals surface area contributed by atoms with Gasteiger partial charge in [0.25, 0.3) is 0 Å². The van der Waals surface area contributed by atoms with Gasteiger partial charge in [-0.25, -0.2) is 4.39 Å². The quantitative estimate of drug-likeness (QED) is 0.544. The maximum atomic E-state index is 12.9. The molecule has 0 heterocycles. The molecule has 0 atom stereocenters. The monoisotopic (exact) mass is 152 g/mol. The SMILES string of the molecule is C=C/C(F)=C(/C)C(=C)C1CC1. The van der Waals surface area contributed by atoms with Crippen molar-refractivity contribution in [1.29, 1.82) is 0 Å². The van der Waals surface area contributed by atoms with Crippen LogP contribution < -0.4 is 0 Å². The summed E-state index contributed by atoms with van der Waals surface area (Å²) in [6, 6.07) is 0. The van der Waals surface area contributed by atoms with Gasteiger partial charge in [0.1, 0.15) is 5.83 Å². The van der Waals surface area contributed by atoms with Gasteiger partial charge in [-0.05, 0) is 42.9 Å². The summed E-state index contributed by atoms with van der Waals surface area (Å²) in [6.07, 6.45) is 3.57. The average Bonchev–Trinajstić information content (AvgIpc) is 2.82. The Hall–Kier alpha value is -0.850. The second kappa shape index (κ2) is 3.04. The first-order valence-electron chi connectivity index (χ1n) is 3.84. The van der Waals surface area contributed by atoms with Crippen LogP contribution in [0, 0.1) is 5.92 Å². The fourth-order valence-electron chi connectivity index (χ4n) is 1.04. The molecule has 1 fully saturated rings. The highest BCUT2D eigenvalue weighted by molar-refractivity contribution is 5.36. The molecule has 0 aromatic heterocycles. The van der Waals surface area contributed by atoms with Gasteiger partial charge in [-0.2, -0.15) is 0 Å². The van der Waals surface area contributed by atoms with Crippen molar-refractivity contribution < 1.29 is 4.39 Å². The van der Waals surface area contributed by atoms with E-state index in [2.05, 4.69) is 13.2 Å². The Labute approximate surface area is 67.1 Å². The summed E-state index contributed by atoms with van der Waals surface area (Å²) in [5, 5.41) is 0. The van der Waals surface area contributed by atoms with E-state index in [0.717, 1.165) is 5.57 Å². The van der Waals surface area contributed by atoms with E-state index < -0.39 is 0 Å². The fraction of sp³-hybridized carbons (Fsp3) is 0.400. The van der Waals surface area contributed by atoms with E-state index in [4.69, 9.17) is 0 Å². The molecular weight excluding hydrogens is 139 g/mol. The van der Waals surface area contributed by atoms with Crippen LogP contribution in [0.2, 0.25) is 0 Å². The van der Waals surface area contributed by atoms with Crippen LogP contribution in [0.5, 0.6) is 0 Å². The molecular formula is C10H13F. The molecule has 1 rings (SSSR count). The molecule has 1 aliphatic rings. The number of hydrogen-bond acceptors (Lipinski definition) is 0. The summed E-state index contributed by atoms with van der Waals surface area (Å²) in [5.74, 6) is 0.308. The van der Waals surface area contributed by atoms with E-state index in [1.165, 1.54) is 18.9 Å². The number of hydrogen-bond donors (Lipinski definition) is 0. The van der Waals surface area contributed by atoms with E-state index >= 15 is 0 Å². The Morgan fingerprint density at radius 2 is 2.09 bits per heavy atom. The van der Waals surface area contributed by atoms with Gasteiger partial charge in [0, 0.05) is 0 Å². The molecule has 1 saturated carbocycles. The molecule has 0 saturated heterocycles. The molecule has 0 aliphatic heterocycles. The molecule has 0 nitrogen and oxygen atoms in total. The molecule has 0 spiro atoms. The zero-order valence-corrected chi connectivity index (χ0v) is 6.86. The Morgan fingerprint density at radius 1 is 1.55 bits per heavy atom. The molecule has 0 bridgehead atoms. The summed E-state index contributed by atoms with van der Waals surface area (Å²) in [4.78, 5) is 0. The van der Waals surface area contributed by atoms with Crippen molar-refractivity contribution in [2.75, 3.05) is 0 Å². The van der Waals surface area contributed by atoms with Crippen LogP contribution in [0.15, 0.2) is 36.2 Å². The lowest BCUT2D eigenvalue weighted by Gasteiger charge is -2.03. The van der Waals surface area contributed by atoms with Gasteiger partial charge in [0.05, 0.1) is 0 Å². The second-order valence-corrected chi connectivity index (χ2v) is 2.98. The summed E-state index contributed by atoms with van der Waals surface area (Å²) >= 11 is 0. The van der Waals surface area contributed by atoms with Crippen molar-refractivity contribution in [2.45, 2.75) is 19.8 Å². The third kappa shape index (κ3) is 1.79. The smallest absolute Gasteiger partial charge is 0.125 e. The minimum atomic E-state index is -0.234. The second-order valence-electron chi connectivity index (χ2n) is 2.98. The average molecular weight is 152 g/mol. The molecule has 0 unspecified atom stereocenters. The lowest BCUT2D eigenvalue weighted by atomic mass is 10.0. The fourth-order valence-corrected chi connectivity index (χ4v) is 1.04. The van der Waals surface area contributed by atoms with Crippen LogP contribution in [-0.4, -0.2) is 0 Å². The molecule has 0 N–H and O–H groups in total. The summed E-state index contributed by atoms with van der Waals surface area (Å²) in [6.45, 7) is 8.97. The molecule has 0 radical (unpaired) electrons. The minimum absolute atomic E-state index is 0.234. The van der Waals surface area contributed by atoms with Gasteiger partial charge in [0.2, 0.25) is 0 Å². The largest absolute Gasteiger partial charge is 0.207 e. The van der Waals surface area contributed by atoms with Gasteiger partial charge in [-0.15, -0.1) is 0 Å². The van der Waals surface area contributed by atoms with Crippen molar-refractivity contribution in [3.63, 3.8) is 0 Å². The maximum absolute atomic E-state index is 12.9. The molecule has 11 heavy (non-hydrogen) atoms. The number of rotatable bonds is 3. The molecule has 1 aliphatic carbocycles. The van der Waals surface area contributed by atoms with E-state index in [1.807, 2.05) is 0 Å².